The average molecular weight is 311 g/mol. The van der Waals surface area contributed by atoms with Gasteiger partial charge >= 0.3 is 0 Å². The molecule has 1 saturated heterocycles. The number of nitro benzene ring substituents is 1. The van der Waals surface area contributed by atoms with Crippen molar-refractivity contribution in [2.75, 3.05) is 23.7 Å². The predicted octanol–water partition coefficient (Wildman–Crippen LogP) is 2.49. The number of halogens is 1. The SMILES string of the molecule is [N-]=[N+]=NCC1CC(=O)N(c2cc(Cl)c([N+](=O)[O-])cc2N)C1. The molecular formula is C11H11ClN6O3. The Hall–Kier alpha value is -2.51. The average Bonchev–Trinajstić information content (AvgIpc) is 2.79. The first-order chi connectivity index (χ1) is 9.93. The molecule has 0 aliphatic carbocycles. The minimum atomic E-state index is -0.640. The fourth-order valence-electron chi connectivity index (χ4n) is 2.23. The highest BCUT2D eigenvalue weighted by molar-refractivity contribution is 6.33. The lowest BCUT2D eigenvalue weighted by molar-refractivity contribution is -0.384. The van der Waals surface area contributed by atoms with Crippen molar-refractivity contribution in [1.82, 2.24) is 0 Å². The highest BCUT2D eigenvalue weighted by Gasteiger charge is 2.32. The van der Waals surface area contributed by atoms with E-state index in [2.05, 4.69) is 10.0 Å². The van der Waals surface area contributed by atoms with E-state index in [-0.39, 0.29) is 41.2 Å². The zero-order valence-corrected chi connectivity index (χ0v) is 11.5. The van der Waals surface area contributed by atoms with E-state index in [0.717, 1.165) is 6.07 Å². The van der Waals surface area contributed by atoms with Crippen molar-refractivity contribution in [3.63, 3.8) is 0 Å². The standard InChI is InChI=1S/C11H11ClN6O3/c12-7-2-10(8(13)3-9(7)18(20)21)17-5-6(1-11(17)19)4-15-16-14/h2-3,6H,1,4-5,13H2. The van der Waals surface area contributed by atoms with Crippen LogP contribution in [0.15, 0.2) is 17.2 Å². The second kappa shape index (κ2) is 5.86. The monoisotopic (exact) mass is 310 g/mol. The molecule has 21 heavy (non-hydrogen) atoms. The van der Waals surface area contributed by atoms with Gasteiger partial charge in [-0.1, -0.05) is 16.7 Å². The second-order valence-corrected chi connectivity index (χ2v) is 5.01. The van der Waals surface area contributed by atoms with E-state index in [1.54, 1.807) is 0 Å². The quantitative estimate of drug-likeness (QED) is 0.228. The fraction of sp³-hybridized carbons (Fsp3) is 0.364. The number of anilines is 2. The van der Waals surface area contributed by atoms with Gasteiger partial charge in [0.25, 0.3) is 5.69 Å². The van der Waals surface area contributed by atoms with E-state index in [1.807, 2.05) is 0 Å². The number of carbonyl (C=O) groups is 1. The molecule has 1 atom stereocenters. The Kier molecular flexibility index (Phi) is 4.15. The van der Waals surface area contributed by atoms with Crippen LogP contribution in [0.25, 0.3) is 10.4 Å². The highest BCUT2D eigenvalue weighted by atomic mass is 35.5. The molecule has 1 heterocycles. The number of hydrogen-bond acceptors (Lipinski definition) is 5. The number of azide groups is 1. The molecule has 0 saturated carbocycles. The molecule has 1 aromatic rings. The Bertz CT molecular complexity index is 658. The summed E-state index contributed by atoms with van der Waals surface area (Å²) in [6, 6.07) is 2.44. The summed E-state index contributed by atoms with van der Waals surface area (Å²) in [6.07, 6.45) is 0.229. The Balaban J connectivity index is 2.30. The van der Waals surface area contributed by atoms with Crippen molar-refractivity contribution in [3.05, 3.63) is 37.7 Å². The van der Waals surface area contributed by atoms with E-state index in [0.29, 0.717) is 12.2 Å². The van der Waals surface area contributed by atoms with Crippen molar-refractivity contribution in [1.29, 1.82) is 0 Å². The summed E-state index contributed by atoms with van der Waals surface area (Å²) < 4.78 is 0. The van der Waals surface area contributed by atoms with E-state index in [1.165, 1.54) is 11.0 Å². The molecule has 1 aliphatic rings. The second-order valence-electron chi connectivity index (χ2n) is 4.61. The third-order valence-electron chi connectivity index (χ3n) is 3.19. The number of rotatable bonds is 4. The zero-order chi connectivity index (χ0) is 15.6. The van der Waals surface area contributed by atoms with Crippen LogP contribution in [0.1, 0.15) is 6.42 Å². The summed E-state index contributed by atoms with van der Waals surface area (Å²) in [5, 5.41) is 14.1. The minimum Gasteiger partial charge on any atom is -0.397 e. The molecule has 0 bridgehead atoms. The third kappa shape index (κ3) is 2.99. The van der Waals surface area contributed by atoms with Crippen LogP contribution in [0.4, 0.5) is 17.1 Å². The minimum absolute atomic E-state index is 0.0875. The van der Waals surface area contributed by atoms with E-state index in [9.17, 15) is 14.9 Å². The molecule has 0 aromatic heterocycles. The highest BCUT2D eigenvalue weighted by Crippen LogP contribution is 2.37. The van der Waals surface area contributed by atoms with Gasteiger partial charge in [0.2, 0.25) is 5.91 Å². The van der Waals surface area contributed by atoms with Gasteiger partial charge in [0.15, 0.2) is 0 Å². The summed E-state index contributed by atoms with van der Waals surface area (Å²) in [6.45, 7) is 0.537. The van der Waals surface area contributed by atoms with E-state index >= 15 is 0 Å². The molecule has 9 nitrogen and oxygen atoms in total. The van der Waals surface area contributed by atoms with Crippen molar-refractivity contribution < 1.29 is 9.72 Å². The lowest BCUT2D eigenvalue weighted by atomic mass is 10.1. The number of nitrogen functional groups attached to an aromatic ring is 1. The Morgan fingerprint density at radius 1 is 1.62 bits per heavy atom. The zero-order valence-electron chi connectivity index (χ0n) is 10.8. The first-order valence-corrected chi connectivity index (χ1v) is 6.36. The molecule has 2 rings (SSSR count). The molecule has 1 aliphatic heterocycles. The van der Waals surface area contributed by atoms with Gasteiger partial charge in [-0.05, 0) is 17.5 Å². The van der Waals surface area contributed by atoms with Gasteiger partial charge in [-0.3, -0.25) is 14.9 Å². The van der Waals surface area contributed by atoms with Crippen LogP contribution in [-0.4, -0.2) is 23.9 Å². The number of amides is 1. The van der Waals surface area contributed by atoms with E-state index in [4.69, 9.17) is 22.9 Å². The fourth-order valence-corrected chi connectivity index (χ4v) is 2.46. The lowest BCUT2D eigenvalue weighted by Gasteiger charge is -2.18. The van der Waals surface area contributed by atoms with Gasteiger partial charge in [-0.15, -0.1) is 0 Å². The van der Waals surface area contributed by atoms with Crippen LogP contribution in [0.2, 0.25) is 5.02 Å². The number of benzene rings is 1. The Morgan fingerprint density at radius 2 is 2.33 bits per heavy atom. The maximum Gasteiger partial charge on any atom is 0.290 e. The van der Waals surface area contributed by atoms with Crippen molar-refractivity contribution >= 4 is 34.6 Å². The van der Waals surface area contributed by atoms with Gasteiger partial charge in [0, 0.05) is 30.5 Å². The summed E-state index contributed by atoms with van der Waals surface area (Å²) in [5.41, 5.74) is 14.2. The van der Waals surface area contributed by atoms with Gasteiger partial charge in [0.05, 0.1) is 16.3 Å². The molecule has 2 N–H and O–H groups in total. The van der Waals surface area contributed by atoms with Crippen LogP contribution in [-0.2, 0) is 4.79 Å². The summed E-state index contributed by atoms with van der Waals surface area (Å²) in [4.78, 5) is 26.2. The van der Waals surface area contributed by atoms with Crippen LogP contribution in [0.3, 0.4) is 0 Å². The number of nitrogens with two attached hydrogens (primary N) is 1. The number of carbonyl (C=O) groups excluding carboxylic acids is 1. The van der Waals surface area contributed by atoms with Crippen molar-refractivity contribution in [2.45, 2.75) is 6.42 Å². The lowest BCUT2D eigenvalue weighted by Crippen LogP contribution is -2.25. The normalized spacial score (nSPS) is 17.7. The summed E-state index contributed by atoms with van der Waals surface area (Å²) in [5.74, 6) is -0.300. The molecule has 1 unspecified atom stereocenters. The third-order valence-corrected chi connectivity index (χ3v) is 3.49. The molecular weight excluding hydrogens is 300 g/mol. The van der Waals surface area contributed by atoms with Crippen LogP contribution < -0.4 is 10.6 Å². The van der Waals surface area contributed by atoms with Crippen molar-refractivity contribution in [3.8, 4) is 0 Å². The topological polar surface area (TPSA) is 138 Å². The smallest absolute Gasteiger partial charge is 0.290 e. The maximum atomic E-state index is 12.0. The Labute approximate surface area is 124 Å². The predicted molar refractivity (Wildman–Crippen MR) is 77.0 cm³/mol. The molecule has 0 radical (unpaired) electrons. The maximum absolute atomic E-state index is 12.0. The van der Waals surface area contributed by atoms with Gasteiger partial charge in [-0.25, -0.2) is 0 Å². The largest absolute Gasteiger partial charge is 0.397 e. The first kappa shape index (κ1) is 14.9. The number of hydrogen-bond donors (Lipinski definition) is 1. The van der Waals surface area contributed by atoms with Crippen LogP contribution in [0, 0.1) is 16.0 Å². The van der Waals surface area contributed by atoms with Gasteiger partial charge < -0.3 is 10.6 Å². The molecule has 110 valence electrons. The van der Waals surface area contributed by atoms with Gasteiger partial charge in [0.1, 0.15) is 5.02 Å². The van der Waals surface area contributed by atoms with Crippen LogP contribution in [0.5, 0.6) is 0 Å². The number of nitro groups is 1. The molecule has 10 heteroatoms. The molecule has 1 aromatic carbocycles. The number of nitrogens with zero attached hydrogens (tertiary/aromatic N) is 5. The Morgan fingerprint density at radius 3 is 2.95 bits per heavy atom. The van der Waals surface area contributed by atoms with Gasteiger partial charge in [-0.2, -0.15) is 0 Å². The van der Waals surface area contributed by atoms with Crippen LogP contribution >= 0.6 is 11.6 Å². The summed E-state index contributed by atoms with van der Waals surface area (Å²) in [7, 11) is 0. The summed E-state index contributed by atoms with van der Waals surface area (Å²) >= 11 is 5.84. The first-order valence-electron chi connectivity index (χ1n) is 5.98. The molecule has 1 amide bonds. The van der Waals surface area contributed by atoms with E-state index < -0.39 is 4.92 Å². The molecule has 1 fully saturated rings. The van der Waals surface area contributed by atoms with Crippen molar-refractivity contribution in [2.24, 2.45) is 11.0 Å². The molecule has 0 spiro atoms.